The highest BCUT2D eigenvalue weighted by atomic mass is 35.5. The first-order chi connectivity index (χ1) is 12.2. The van der Waals surface area contributed by atoms with Crippen LogP contribution in [0.25, 0.3) is 0 Å². The number of para-hydroxylation sites is 1. The molecule has 1 aromatic heterocycles. The molecule has 2 aromatic carbocycles. The van der Waals surface area contributed by atoms with Gasteiger partial charge in [-0.15, -0.1) is 0 Å². The fraction of sp³-hybridized carbons (Fsp3) is 0.105. The van der Waals surface area contributed by atoms with Gasteiger partial charge in [0.05, 0.1) is 11.3 Å². The maximum atomic E-state index is 9.19. The van der Waals surface area contributed by atoms with E-state index in [2.05, 4.69) is 26.7 Å². The normalized spacial score (nSPS) is 10.1. The molecule has 0 saturated heterocycles. The number of aryl methyl sites for hydroxylation is 1. The van der Waals surface area contributed by atoms with Gasteiger partial charge in [0.1, 0.15) is 23.5 Å². The van der Waals surface area contributed by atoms with E-state index in [9.17, 15) is 5.26 Å². The highest BCUT2D eigenvalue weighted by Crippen LogP contribution is 2.21. The van der Waals surface area contributed by atoms with E-state index in [1.54, 1.807) is 12.1 Å². The SMILES string of the molecule is Cc1nc(NCc2ccccc2Cl)cc(Nc2ccccc2C#N)n1. The average molecular weight is 350 g/mol. The Morgan fingerprint density at radius 2 is 1.76 bits per heavy atom. The van der Waals surface area contributed by atoms with Crippen LogP contribution in [0.1, 0.15) is 17.0 Å². The quantitative estimate of drug-likeness (QED) is 0.700. The van der Waals surface area contributed by atoms with Gasteiger partial charge in [0.15, 0.2) is 0 Å². The monoisotopic (exact) mass is 349 g/mol. The van der Waals surface area contributed by atoms with Crippen LogP contribution in [0.5, 0.6) is 0 Å². The van der Waals surface area contributed by atoms with E-state index in [1.165, 1.54) is 0 Å². The average Bonchev–Trinajstić information content (AvgIpc) is 2.61. The molecule has 3 aromatic rings. The Bertz CT molecular complexity index is 933. The van der Waals surface area contributed by atoms with E-state index < -0.39 is 0 Å². The summed E-state index contributed by atoms with van der Waals surface area (Å²) in [6.45, 7) is 2.38. The zero-order chi connectivity index (χ0) is 17.6. The van der Waals surface area contributed by atoms with Crippen LogP contribution in [-0.2, 0) is 6.54 Å². The van der Waals surface area contributed by atoms with E-state index in [0.29, 0.717) is 40.3 Å². The van der Waals surface area contributed by atoms with Gasteiger partial charge in [0, 0.05) is 17.6 Å². The fourth-order valence-electron chi connectivity index (χ4n) is 2.38. The van der Waals surface area contributed by atoms with E-state index >= 15 is 0 Å². The van der Waals surface area contributed by atoms with Gasteiger partial charge in [-0.05, 0) is 30.7 Å². The van der Waals surface area contributed by atoms with Crippen molar-refractivity contribution in [3.8, 4) is 6.07 Å². The molecule has 0 unspecified atom stereocenters. The summed E-state index contributed by atoms with van der Waals surface area (Å²) in [4.78, 5) is 8.77. The van der Waals surface area contributed by atoms with Crippen LogP contribution in [0, 0.1) is 18.3 Å². The minimum absolute atomic E-state index is 0.560. The molecule has 0 spiro atoms. The number of nitriles is 1. The lowest BCUT2D eigenvalue weighted by atomic mass is 10.2. The molecule has 6 heteroatoms. The third-order valence-electron chi connectivity index (χ3n) is 3.57. The lowest BCUT2D eigenvalue weighted by Gasteiger charge is -2.11. The van der Waals surface area contributed by atoms with Gasteiger partial charge >= 0.3 is 0 Å². The fourth-order valence-corrected chi connectivity index (χ4v) is 2.58. The molecule has 124 valence electrons. The highest BCUT2D eigenvalue weighted by Gasteiger charge is 2.06. The molecule has 25 heavy (non-hydrogen) atoms. The van der Waals surface area contributed by atoms with Crippen molar-refractivity contribution in [1.82, 2.24) is 9.97 Å². The second-order valence-electron chi connectivity index (χ2n) is 5.41. The number of rotatable bonds is 5. The molecule has 0 fully saturated rings. The minimum atomic E-state index is 0.560. The summed E-state index contributed by atoms with van der Waals surface area (Å²) < 4.78 is 0. The van der Waals surface area contributed by atoms with Crippen LogP contribution in [0.2, 0.25) is 5.02 Å². The van der Waals surface area contributed by atoms with Crippen LogP contribution in [0.15, 0.2) is 54.6 Å². The number of anilines is 3. The van der Waals surface area contributed by atoms with Crippen LogP contribution >= 0.6 is 11.6 Å². The van der Waals surface area contributed by atoms with E-state index in [4.69, 9.17) is 11.6 Å². The summed E-state index contributed by atoms with van der Waals surface area (Å²) in [5.74, 6) is 1.93. The largest absolute Gasteiger partial charge is 0.366 e. The number of halogens is 1. The number of nitrogens with one attached hydrogen (secondary N) is 2. The molecular weight excluding hydrogens is 334 g/mol. The molecule has 0 bridgehead atoms. The van der Waals surface area contributed by atoms with Gasteiger partial charge in [-0.25, -0.2) is 9.97 Å². The van der Waals surface area contributed by atoms with Gasteiger partial charge < -0.3 is 10.6 Å². The second-order valence-corrected chi connectivity index (χ2v) is 5.82. The van der Waals surface area contributed by atoms with Crippen molar-refractivity contribution in [2.75, 3.05) is 10.6 Å². The van der Waals surface area contributed by atoms with Gasteiger partial charge in [-0.2, -0.15) is 5.26 Å². The minimum Gasteiger partial charge on any atom is -0.366 e. The van der Waals surface area contributed by atoms with E-state index in [0.717, 1.165) is 5.56 Å². The summed E-state index contributed by atoms with van der Waals surface area (Å²) in [5.41, 5.74) is 2.26. The third kappa shape index (κ3) is 4.25. The molecule has 3 rings (SSSR count). The van der Waals surface area contributed by atoms with Crippen molar-refractivity contribution in [2.45, 2.75) is 13.5 Å². The van der Waals surface area contributed by atoms with Crippen molar-refractivity contribution in [2.24, 2.45) is 0 Å². The maximum Gasteiger partial charge on any atom is 0.136 e. The van der Waals surface area contributed by atoms with Crippen LogP contribution < -0.4 is 10.6 Å². The van der Waals surface area contributed by atoms with Crippen molar-refractivity contribution < 1.29 is 0 Å². The molecule has 0 aliphatic heterocycles. The van der Waals surface area contributed by atoms with Gasteiger partial charge in [-0.1, -0.05) is 41.9 Å². The van der Waals surface area contributed by atoms with E-state index in [1.807, 2.05) is 49.4 Å². The zero-order valence-electron chi connectivity index (χ0n) is 13.6. The highest BCUT2D eigenvalue weighted by molar-refractivity contribution is 6.31. The summed E-state index contributed by atoms with van der Waals surface area (Å²) >= 11 is 6.18. The van der Waals surface area contributed by atoms with Gasteiger partial charge in [-0.3, -0.25) is 0 Å². The molecule has 0 amide bonds. The predicted octanol–water partition coefficient (Wildman–Crippen LogP) is 4.67. The van der Waals surface area contributed by atoms with Gasteiger partial charge in [0.2, 0.25) is 0 Å². The van der Waals surface area contributed by atoms with Crippen molar-refractivity contribution in [3.63, 3.8) is 0 Å². The Morgan fingerprint density at radius 3 is 2.56 bits per heavy atom. The third-order valence-corrected chi connectivity index (χ3v) is 3.93. The molecule has 5 nitrogen and oxygen atoms in total. The van der Waals surface area contributed by atoms with Gasteiger partial charge in [0.25, 0.3) is 0 Å². The molecule has 0 aliphatic carbocycles. The predicted molar refractivity (Wildman–Crippen MR) is 100.0 cm³/mol. The second kappa shape index (κ2) is 7.65. The van der Waals surface area contributed by atoms with Crippen molar-refractivity contribution >= 4 is 28.9 Å². The smallest absolute Gasteiger partial charge is 0.136 e. The van der Waals surface area contributed by atoms with Crippen molar-refractivity contribution in [1.29, 1.82) is 5.26 Å². The Hall–Kier alpha value is -3.10. The van der Waals surface area contributed by atoms with Crippen LogP contribution in [0.3, 0.4) is 0 Å². The molecule has 0 saturated carbocycles. The van der Waals surface area contributed by atoms with Crippen LogP contribution in [0.4, 0.5) is 17.3 Å². The Kier molecular flexibility index (Phi) is 5.12. The topological polar surface area (TPSA) is 73.6 Å². The molecular formula is C19H16ClN5. The molecule has 1 heterocycles. The number of benzene rings is 2. The summed E-state index contributed by atoms with van der Waals surface area (Å²) in [5, 5.41) is 16.3. The standard InChI is InChI=1S/C19H16ClN5/c1-13-23-18(22-12-15-7-2-4-8-16(15)20)10-19(24-13)25-17-9-5-3-6-14(17)11-21/h2-10H,12H2,1H3,(H2,22,23,24,25). The Labute approximate surface area is 151 Å². The number of hydrogen-bond donors (Lipinski definition) is 2. The zero-order valence-corrected chi connectivity index (χ0v) is 14.4. The Morgan fingerprint density at radius 1 is 1.04 bits per heavy atom. The van der Waals surface area contributed by atoms with Crippen LogP contribution in [-0.4, -0.2) is 9.97 Å². The first-order valence-electron chi connectivity index (χ1n) is 7.75. The summed E-state index contributed by atoms with van der Waals surface area (Å²) in [6, 6.07) is 18.9. The lowest BCUT2D eigenvalue weighted by molar-refractivity contribution is 1.03. The molecule has 0 radical (unpaired) electrons. The van der Waals surface area contributed by atoms with E-state index in [-0.39, 0.29) is 0 Å². The summed E-state index contributed by atoms with van der Waals surface area (Å²) in [7, 11) is 0. The number of hydrogen-bond acceptors (Lipinski definition) is 5. The van der Waals surface area contributed by atoms with Crippen molar-refractivity contribution in [3.05, 3.63) is 76.6 Å². The molecule has 0 atom stereocenters. The summed E-state index contributed by atoms with van der Waals surface area (Å²) in [6.07, 6.45) is 0. The number of nitrogens with zero attached hydrogens (tertiary/aromatic N) is 3. The first-order valence-corrected chi connectivity index (χ1v) is 8.12. The molecule has 2 N–H and O–H groups in total. The first kappa shape index (κ1) is 16.7. The maximum absolute atomic E-state index is 9.19. The number of aromatic nitrogens is 2. The Balaban J connectivity index is 1.79. The lowest BCUT2D eigenvalue weighted by Crippen LogP contribution is -2.05. The molecule has 0 aliphatic rings.